The first kappa shape index (κ1) is 11.9. The predicted octanol–water partition coefficient (Wildman–Crippen LogP) is 0.664. The molecule has 17 heavy (non-hydrogen) atoms. The second kappa shape index (κ2) is 4.35. The summed E-state index contributed by atoms with van der Waals surface area (Å²) in [5.74, 6) is -1.20. The smallest absolute Gasteiger partial charge is 0.337 e. The molecule has 0 aliphatic carbocycles. The van der Waals surface area contributed by atoms with Crippen molar-refractivity contribution in [2.75, 3.05) is 13.7 Å². The fraction of sp³-hybridized carbons (Fsp3) is 0.417. The van der Waals surface area contributed by atoms with E-state index in [0.717, 1.165) is 5.56 Å². The van der Waals surface area contributed by atoms with Gasteiger partial charge in [-0.2, -0.15) is 0 Å². The zero-order valence-corrected chi connectivity index (χ0v) is 9.82. The summed E-state index contributed by atoms with van der Waals surface area (Å²) in [4.78, 5) is 11.4. The largest absolute Gasteiger partial charge is 0.465 e. The first-order valence-corrected chi connectivity index (χ1v) is 5.35. The van der Waals surface area contributed by atoms with Gasteiger partial charge in [-0.05, 0) is 12.1 Å². The quantitative estimate of drug-likeness (QED) is 0.702. The number of rotatable bonds is 1. The molecule has 5 heteroatoms. The van der Waals surface area contributed by atoms with Gasteiger partial charge in [-0.3, -0.25) is 0 Å². The Morgan fingerprint density at radius 1 is 1.59 bits per heavy atom. The number of ether oxygens (including phenoxy) is 2. The summed E-state index contributed by atoms with van der Waals surface area (Å²) in [7, 11) is 1.33. The van der Waals surface area contributed by atoms with Crippen molar-refractivity contribution in [3.05, 3.63) is 29.3 Å². The molecule has 0 saturated carbocycles. The summed E-state index contributed by atoms with van der Waals surface area (Å²) in [5, 5.41) is 13.0. The Bertz CT molecular complexity index is 442. The summed E-state index contributed by atoms with van der Waals surface area (Å²) in [6.07, 6.45) is 0. The van der Waals surface area contributed by atoms with E-state index >= 15 is 0 Å². The summed E-state index contributed by atoms with van der Waals surface area (Å²) < 4.78 is 10.1. The summed E-state index contributed by atoms with van der Waals surface area (Å²) in [6.45, 7) is 2.49. The van der Waals surface area contributed by atoms with Gasteiger partial charge in [0.15, 0.2) is 0 Å². The van der Waals surface area contributed by atoms with Crippen molar-refractivity contribution < 1.29 is 19.4 Å². The number of β-amino-alcohol motifs (C(OH)–C–C–N with tert-alkyl or cyclic N) is 1. The highest BCUT2D eigenvalue weighted by Gasteiger charge is 2.26. The van der Waals surface area contributed by atoms with E-state index in [1.54, 1.807) is 25.1 Å². The minimum atomic E-state index is -1.28. The van der Waals surface area contributed by atoms with Crippen molar-refractivity contribution in [1.29, 1.82) is 0 Å². The Labute approximate surface area is 99.3 Å². The average Bonchev–Trinajstić information content (AvgIpc) is 2.43. The number of methoxy groups -OCH3 is 1. The molecular weight excluding hydrogens is 222 g/mol. The molecule has 1 aromatic carbocycles. The van der Waals surface area contributed by atoms with Crippen LogP contribution in [0.5, 0.6) is 5.75 Å². The van der Waals surface area contributed by atoms with Crippen LogP contribution in [-0.2, 0) is 11.3 Å². The molecule has 0 aromatic heterocycles. The van der Waals surface area contributed by atoms with Crippen molar-refractivity contribution in [1.82, 2.24) is 5.32 Å². The molecule has 0 bridgehead atoms. The lowest BCUT2D eigenvalue weighted by Crippen LogP contribution is -2.40. The molecule has 1 heterocycles. The van der Waals surface area contributed by atoms with Gasteiger partial charge in [-0.25, -0.2) is 4.79 Å². The number of nitrogens with one attached hydrogen (secondary N) is 1. The summed E-state index contributed by atoms with van der Waals surface area (Å²) in [6, 6.07) is 5.05. The van der Waals surface area contributed by atoms with Crippen LogP contribution in [0.4, 0.5) is 0 Å². The van der Waals surface area contributed by atoms with E-state index in [1.165, 1.54) is 7.11 Å². The third-order valence-corrected chi connectivity index (χ3v) is 2.59. The van der Waals surface area contributed by atoms with Gasteiger partial charge in [0.05, 0.1) is 19.2 Å². The minimum Gasteiger partial charge on any atom is -0.465 e. The molecule has 0 amide bonds. The van der Waals surface area contributed by atoms with E-state index in [-0.39, 0.29) is 0 Å². The highest BCUT2D eigenvalue weighted by Crippen LogP contribution is 2.26. The summed E-state index contributed by atoms with van der Waals surface area (Å²) in [5.41, 5.74) is 1.30. The van der Waals surface area contributed by atoms with Crippen molar-refractivity contribution in [2.45, 2.75) is 19.3 Å². The Hall–Kier alpha value is -1.59. The normalized spacial score (nSPS) is 23.2. The van der Waals surface area contributed by atoms with Crippen LogP contribution >= 0.6 is 0 Å². The molecule has 0 unspecified atom stereocenters. The topological polar surface area (TPSA) is 67.8 Å². The van der Waals surface area contributed by atoms with E-state index in [4.69, 9.17) is 4.74 Å². The molecule has 0 fully saturated rings. The van der Waals surface area contributed by atoms with Crippen LogP contribution in [-0.4, -0.2) is 30.5 Å². The number of carbonyl (C=O) groups excluding carboxylic acids is 1. The van der Waals surface area contributed by atoms with Crippen LogP contribution in [0.2, 0.25) is 0 Å². The van der Waals surface area contributed by atoms with Crippen LogP contribution in [0.15, 0.2) is 18.2 Å². The summed E-state index contributed by atoms with van der Waals surface area (Å²) >= 11 is 0. The minimum absolute atomic E-state index is 0.329. The Balaban J connectivity index is 2.36. The monoisotopic (exact) mass is 237 g/mol. The number of benzene rings is 1. The van der Waals surface area contributed by atoms with Gasteiger partial charge in [0.2, 0.25) is 5.79 Å². The lowest BCUT2D eigenvalue weighted by atomic mass is 10.1. The molecule has 0 saturated heterocycles. The lowest BCUT2D eigenvalue weighted by molar-refractivity contribution is -0.115. The van der Waals surface area contributed by atoms with Gasteiger partial charge in [0, 0.05) is 19.0 Å². The molecule has 2 rings (SSSR count). The first-order valence-electron chi connectivity index (χ1n) is 5.35. The number of esters is 1. The Morgan fingerprint density at radius 3 is 3.06 bits per heavy atom. The van der Waals surface area contributed by atoms with Crippen molar-refractivity contribution in [3.63, 3.8) is 0 Å². The third kappa shape index (κ3) is 2.57. The number of aliphatic hydroxyl groups is 1. The van der Waals surface area contributed by atoms with Gasteiger partial charge >= 0.3 is 5.97 Å². The van der Waals surface area contributed by atoms with Gasteiger partial charge in [-0.15, -0.1) is 0 Å². The van der Waals surface area contributed by atoms with Gasteiger partial charge < -0.3 is 19.9 Å². The molecule has 1 aliphatic heterocycles. The fourth-order valence-corrected chi connectivity index (χ4v) is 1.74. The van der Waals surface area contributed by atoms with Crippen molar-refractivity contribution in [3.8, 4) is 5.75 Å². The van der Waals surface area contributed by atoms with E-state index in [1.807, 2.05) is 0 Å². The van der Waals surface area contributed by atoms with Crippen LogP contribution in [0, 0.1) is 0 Å². The van der Waals surface area contributed by atoms with E-state index in [9.17, 15) is 9.90 Å². The second-order valence-corrected chi connectivity index (χ2v) is 4.19. The Kier molecular flexibility index (Phi) is 3.04. The fourth-order valence-electron chi connectivity index (χ4n) is 1.74. The van der Waals surface area contributed by atoms with Gasteiger partial charge in [0.25, 0.3) is 0 Å². The number of hydrogen-bond donors (Lipinski definition) is 2. The standard InChI is InChI=1S/C12H15NO4/c1-12(15)7-13-6-9-4-3-8(11(14)16-2)5-10(9)17-12/h3-5,13,15H,6-7H2,1-2H3/t12-/m1/s1. The maximum atomic E-state index is 11.4. The van der Waals surface area contributed by atoms with E-state index < -0.39 is 11.8 Å². The molecule has 0 spiro atoms. The molecule has 1 aliphatic rings. The van der Waals surface area contributed by atoms with E-state index in [2.05, 4.69) is 10.1 Å². The van der Waals surface area contributed by atoms with E-state index in [0.29, 0.717) is 24.4 Å². The van der Waals surface area contributed by atoms with Crippen LogP contribution in [0.25, 0.3) is 0 Å². The van der Waals surface area contributed by atoms with Gasteiger partial charge in [-0.1, -0.05) is 6.07 Å². The zero-order chi connectivity index (χ0) is 12.5. The molecular formula is C12H15NO4. The molecule has 5 nitrogen and oxygen atoms in total. The Morgan fingerprint density at radius 2 is 2.35 bits per heavy atom. The molecule has 1 atom stereocenters. The zero-order valence-electron chi connectivity index (χ0n) is 9.82. The maximum absolute atomic E-state index is 11.4. The molecule has 92 valence electrons. The highest BCUT2D eigenvalue weighted by molar-refractivity contribution is 5.89. The van der Waals surface area contributed by atoms with Crippen molar-refractivity contribution >= 4 is 5.97 Å². The van der Waals surface area contributed by atoms with Crippen molar-refractivity contribution in [2.24, 2.45) is 0 Å². The van der Waals surface area contributed by atoms with Crippen LogP contribution in [0.3, 0.4) is 0 Å². The molecule has 1 aromatic rings. The highest BCUT2D eigenvalue weighted by atomic mass is 16.6. The van der Waals surface area contributed by atoms with Gasteiger partial charge in [0.1, 0.15) is 5.75 Å². The number of fused-ring (bicyclic) bond motifs is 1. The first-order chi connectivity index (χ1) is 8.02. The third-order valence-electron chi connectivity index (χ3n) is 2.59. The predicted molar refractivity (Wildman–Crippen MR) is 60.7 cm³/mol. The average molecular weight is 237 g/mol. The maximum Gasteiger partial charge on any atom is 0.337 e. The van der Waals surface area contributed by atoms with Crippen LogP contribution < -0.4 is 10.1 Å². The molecule has 2 N–H and O–H groups in total. The lowest BCUT2D eigenvalue weighted by Gasteiger charge is -2.22. The molecule has 0 radical (unpaired) electrons. The SMILES string of the molecule is COC(=O)c1ccc2c(c1)O[C@@](C)(O)CNC2. The number of hydrogen-bond acceptors (Lipinski definition) is 5. The second-order valence-electron chi connectivity index (χ2n) is 4.19. The van der Waals surface area contributed by atoms with Crippen LogP contribution in [0.1, 0.15) is 22.8 Å². The number of carbonyl (C=O) groups is 1.